The van der Waals surface area contributed by atoms with E-state index in [4.69, 9.17) is 0 Å². The minimum Gasteiger partial charge on any atom is -0.346 e. The second-order valence-electron chi connectivity index (χ2n) is 3.60. The van der Waals surface area contributed by atoms with Crippen LogP contribution < -0.4 is 0 Å². The number of fused-ring (bicyclic) bond motifs is 1. The second kappa shape index (κ2) is 3.82. The molecule has 0 saturated carbocycles. The molecule has 0 atom stereocenters. The lowest BCUT2D eigenvalue weighted by Crippen LogP contribution is -1.93. The molecule has 2 rings (SSSR count). The molecule has 2 aromatic rings. The Morgan fingerprint density at radius 2 is 2.21 bits per heavy atom. The van der Waals surface area contributed by atoms with Gasteiger partial charge in [-0.1, -0.05) is 13.3 Å². The summed E-state index contributed by atoms with van der Waals surface area (Å²) in [4.78, 5) is 4.45. The minimum absolute atomic E-state index is 1.01. The van der Waals surface area contributed by atoms with E-state index in [1.807, 2.05) is 6.20 Å². The van der Waals surface area contributed by atoms with Crippen molar-refractivity contribution in [3.05, 3.63) is 30.1 Å². The predicted molar refractivity (Wildman–Crippen MR) is 59.4 cm³/mol. The Hall–Kier alpha value is -1.31. The number of hydrogen-bond donors (Lipinski definition) is 0. The van der Waals surface area contributed by atoms with E-state index in [0.717, 1.165) is 18.5 Å². The maximum absolute atomic E-state index is 4.45. The summed E-state index contributed by atoms with van der Waals surface area (Å²) < 4.78 is 2.24. The fourth-order valence-corrected chi connectivity index (χ4v) is 1.81. The summed E-state index contributed by atoms with van der Waals surface area (Å²) in [6, 6.07) is 4.34. The number of aromatic nitrogens is 2. The van der Waals surface area contributed by atoms with Gasteiger partial charge < -0.3 is 4.57 Å². The first-order chi connectivity index (χ1) is 6.85. The van der Waals surface area contributed by atoms with Gasteiger partial charge in [-0.05, 0) is 31.0 Å². The maximum atomic E-state index is 4.45. The summed E-state index contributed by atoms with van der Waals surface area (Å²) in [6.45, 7) is 5.37. The van der Waals surface area contributed by atoms with E-state index in [2.05, 4.69) is 41.7 Å². The van der Waals surface area contributed by atoms with Crippen LogP contribution in [-0.4, -0.2) is 9.55 Å². The lowest BCUT2D eigenvalue weighted by atomic mass is 10.1. The molecular weight excluding hydrogens is 172 g/mol. The van der Waals surface area contributed by atoms with Crippen molar-refractivity contribution in [2.45, 2.75) is 33.2 Å². The Kier molecular flexibility index (Phi) is 2.53. The third-order valence-corrected chi connectivity index (χ3v) is 2.56. The highest BCUT2D eigenvalue weighted by Crippen LogP contribution is 2.15. The molecule has 0 aliphatic rings. The van der Waals surface area contributed by atoms with Crippen LogP contribution >= 0.6 is 0 Å². The molecule has 0 aromatic carbocycles. The molecule has 0 aliphatic carbocycles. The van der Waals surface area contributed by atoms with Gasteiger partial charge in [0, 0.05) is 18.9 Å². The number of pyridine rings is 1. The molecule has 2 heteroatoms. The van der Waals surface area contributed by atoms with E-state index >= 15 is 0 Å². The molecule has 2 aromatic heterocycles. The standard InChI is InChI=1S/C12H16N2/c1-3-5-10-8-12-11(13-9-10)6-7-14(12)4-2/h6-9H,3-5H2,1-2H3. The van der Waals surface area contributed by atoms with Crippen LogP contribution in [0.5, 0.6) is 0 Å². The summed E-state index contributed by atoms with van der Waals surface area (Å²) in [5.74, 6) is 0. The van der Waals surface area contributed by atoms with Gasteiger partial charge in [0.15, 0.2) is 0 Å². The zero-order chi connectivity index (χ0) is 9.97. The Balaban J connectivity index is 2.50. The predicted octanol–water partition coefficient (Wildman–Crippen LogP) is 3.01. The van der Waals surface area contributed by atoms with Crippen molar-refractivity contribution in [2.75, 3.05) is 0 Å². The number of rotatable bonds is 3. The van der Waals surface area contributed by atoms with Crippen molar-refractivity contribution in [3.8, 4) is 0 Å². The summed E-state index contributed by atoms with van der Waals surface area (Å²) in [6.07, 6.45) is 6.40. The van der Waals surface area contributed by atoms with Crippen LogP contribution in [0.25, 0.3) is 11.0 Å². The van der Waals surface area contributed by atoms with Crippen molar-refractivity contribution in [3.63, 3.8) is 0 Å². The molecular formula is C12H16N2. The Bertz CT molecular complexity index is 429. The van der Waals surface area contributed by atoms with Gasteiger partial charge >= 0.3 is 0 Å². The molecule has 0 fully saturated rings. The molecule has 2 heterocycles. The summed E-state index contributed by atoms with van der Waals surface area (Å²) in [7, 11) is 0. The number of hydrogen-bond acceptors (Lipinski definition) is 1. The average Bonchev–Trinajstić information content (AvgIpc) is 2.60. The van der Waals surface area contributed by atoms with Crippen LogP contribution in [0.2, 0.25) is 0 Å². The van der Waals surface area contributed by atoms with Crippen molar-refractivity contribution in [1.29, 1.82) is 0 Å². The first kappa shape index (κ1) is 9.25. The van der Waals surface area contributed by atoms with Gasteiger partial charge in [0.1, 0.15) is 0 Å². The van der Waals surface area contributed by atoms with Gasteiger partial charge in [-0.2, -0.15) is 0 Å². The molecule has 0 aliphatic heterocycles. The van der Waals surface area contributed by atoms with E-state index in [0.29, 0.717) is 0 Å². The summed E-state index contributed by atoms with van der Waals surface area (Å²) in [5.41, 5.74) is 3.71. The second-order valence-corrected chi connectivity index (χ2v) is 3.60. The highest BCUT2D eigenvalue weighted by molar-refractivity contribution is 5.76. The minimum atomic E-state index is 1.01. The Morgan fingerprint density at radius 3 is 2.93 bits per heavy atom. The van der Waals surface area contributed by atoms with E-state index < -0.39 is 0 Å². The fraction of sp³-hybridized carbons (Fsp3) is 0.417. The van der Waals surface area contributed by atoms with Crippen molar-refractivity contribution < 1.29 is 0 Å². The van der Waals surface area contributed by atoms with Gasteiger partial charge in [-0.3, -0.25) is 4.98 Å². The van der Waals surface area contributed by atoms with E-state index in [-0.39, 0.29) is 0 Å². The largest absolute Gasteiger partial charge is 0.346 e. The molecule has 0 radical (unpaired) electrons. The van der Waals surface area contributed by atoms with Crippen molar-refractivity contribution in [1.82, 2.24) is 9.55 Å². The van der Waals surface area contributed by atoms with Gasteiger partial charge in [0.2, 0.25) is 0 Å². The van der Waals surface area contributed by atoms with Gasteiger partial charge in [-0.25, -0.2) is 0 Å². The fourth-order valence-electron chi connectivity index (χ4n) is 1.81. The zero-order valence-corrected chi connectivity index (χ0v) is 8.83. The van der Waals surface area contributed by atoms with Gasteiger partial charge in [-0.15, -0.1) is 0 Å². The van der Waals surface area contributed by atoms with Crippen LogP contribution in [0.3, 0.4) is 0 Å². The van der Waals surface area contributed by atoms with E-state index in [1.54, 1.807) is 0 Å². The molecule has 2 nitrogen and oxygen atoms in total. The summed E-state index contributed by atoms with van der Waals surface area (Å²) in [5, 5.41) is 0. The van der Waals surface area contributed by atoms with Crippen LogP contribution in [0.4, 0.5) is 0 Å². The molecule has 0 spiro atoms. The SMILES string of the molecule is CCCc1cnc2ccn(CC)c2c1. The first-order valence-corrected chi connectivity index (χ1v) is 5.29. The van der Waals surface area contributed by atoms with Gasteiger partial charge in [0.25, 0.3) is 0 Å². The molecule has 0 unspecified atom stereocenters. The number of aryl methyl sites for hydroxylation is 2. The third kappa shape index (κ3) is 1.52. The topological polar surface area (TPSA) is 17.8 Å². The lowest BCUT2D eigenvalue weighted by molar-refractivity contribution is 0.795. The molecule has 0 bridgehead atoms. The Labute approximate surface area is 84.6 Å². The van der Waals surface area contributed by atoms with Crippen LogP contribution in [0, 0.1) is 0 Å². The molecule has 14 heavy (non-hydrogen) atoms. The van der Waals surface area contributed by atoms with E-state index in [9.17, 15) is 0 Å². The monoisotopic (exact) mass is 188 g/mol. The molecule has 0 saturated heterocycles. The molecule has 74 valence electrons. The number of nitrogens with zero attached hydrogens (tertiary/aromatic N) is 2. The molecule has 0 amide bonds. The third-order valence-electron chi connectivity index (χ3n) is 2.56. The van der Waals surface area contributed by atoms with Crippen LogP contribution in [0.1, 0.15) is 25.8 Å². The van der Waals surface area contributed by atoms with Crippen LogP contribution in [0.15, 0.2) is 24.5 Å². The molecule has 0 N–H and O–H groups in total. The quantitative estimate of drug-likeness (QED) is 0.724. The average molecular weight is 188 g/mol. The normalized spacial score (nSPS) is 11.0. The maximum Gasteiger partial charge on any atom is 0.0881 e. The Morgan fingerprint density at radius 1 is 1.36 bits per heavy atom. The van der Waals surface area contributed by atoms with Crippen molar-refractivity contribution >= 4 is 11.0 Å². The van der Waals surface area contributed by atoms with E-state index in [1.165, 1.54) is 17.5 Å². The van der Waals surface area contributed by atoms with Crippen LogP contribution in [-0.2, 0) is 13.0 Å². The zero-order valence-electron chi connectivity index (χ0n) is 8.83. The highest BCUT2D eigenvalue weighted by atomic mass is 15.0. The highest BCUT2D eigenvalue weighted by Gasteiger charge is 2.01. The summed E-state index contributed by atoms with van der Waals surface area (Å²) >= 11 is 0. The van der Waals surface area contributed by atoms with Crippen molar-refractivity contribution in [2.24, 2.45) is 0 Å². The lowest BCUT2D eigenvalue weighted by Gasteiger charge is -2.02. The van der Waals surface area contributed by atoms with Gasteiger partial charge in [0.05, 0.1) is 11.0 Å². The smallest absolute Gasteiger partial charge is 0.0881 e. The first-order valence-electron chi connectivity index (χ1n) is 5.29.